The molecule has 0 spiro atoms. The maximum atomic E-state index is 12.4. The number of nitrogens with zero attached hydrogens (tertiary/aromatic N) is 1. The van der Waals surface area contributed by atoms with Crippen molar-refractivity contribution in [3.05, 3.63) is 34.2 Å². The van der Waals surface area contributed by atoms with E-state index < -0.39 is 11.9 Å². The van der Waals surface area contributed by atoms with Gasteiger partial charge in [0.1, 0.15) is 11.4 Å². The summed E-state index contributed by atoms with van der Waals surface area (Å²) in [7, 11) is 0. The van der Waals surface area contributed by atoms with Crippen LogP contribution in [0.25, 0.3) is 0 Å². The van der Waals surface area contributed by atoms with Crippen LogP contribution in [-0.4, -0.2) is 34.5 Å². The number of pyridine rings is 1. The average Bonchev–Trinajstić information content (AvgIpc) is 2.93. The molecule has 2 rings (SSSR count). The number of aromatic nitrogens is 1. The summed E-state index contributed by atoms with van der Waals surface area (Å²) in [5.41, 5.74) is 0.0712. The van der Waals surface area contributed by atoms with Crippen LogP contribution in [0.1, 0.15) is 13.8 Å². The van der Waals surface area contributed by atoms with Crippen molar-refractivity contribution in [2.75, 3.05) is 16.8 Å². The summed E-state index contributed by atoms with van der Waals surface area (Å²) in [6.07, 6.45) is 1.31. The quantitative estimate of drug-likeness (QED) is 0.397. The highest BCUT2D eigenvalue weighted by atomic mass is 32.2. The molecule has 0 atom stereocenters. The van der Waals surface area contributed by atoms with E-state index in [1.807, 2.05) is 0 Å². The van der Waals surface area contributed by atoms with Crippen molar-refractivity contribution in [3.8, 4) is 0 Å². The van der Waals surface area contributed by atoms with E-state index in [4.69, 9.17) is 4.74 Å². The van der Waals surface area contributed by atoms with Crippen molar-refractivity contribution in [3.63, 3.8) is 0 Å². The van der Waals surface area contributed by atoms with Gasteiger partial charge in [0.25, 0.3) is 5.91 Å². The summed E-state index contributed by atoms with van der Waals surface area (Å²) in [4.78, 5) is 28.6. The Hall–Kier alpha value is -1.47. The minimum Gasteiger partial charge on any atom is -0.459 e. The fraction of sp³-hybridized carbons (Fsp3) is 0.357. The molecule has 0 aromatic carbocycles. The third-order valence-electron chi connectivity index (χ3n) is 2.43. The Morgan fingerprint density at radius 2 is 2.00 bits per heavy atom. The fourth-order valence-electron chi connectivity index (χ4n) is 1.61. The summed E-state index contributed by atoms with van der Waals surface area (Å²) in [5, 5.41) is 2.64. The second kappa shape index (κ2) is 7.51. The highest BCUT2D eigenvalue weighted by Gasteiger charge is 2.28. The number of carbonyl (C=O) groups is 2. The summed E-state index contributed by atoms with van der Waals surface area (Å²) < 4.78 is 5.90. The Kier molecular flexibility index (Phi) is 5.69. The van der Waals surface area contributed by atoms with Gasteiger partial charge in [-0.05, 0) is 26.0 Å². The molecule has 1 N–H and O–H groups in total. The minimum atomic E-state index is -0.588. The van der Waals surface area contributed by atoms with Crippen LogP contribution in [0.3, 0.4) is 0 Å². The molecule has 1 amide bonds. The molecular formula is C14H16N2O3S2. The first kappa shape index (κ1) is 15.9. The van der Waals surface area contributed by atoms with Crippen LogP contribution < -0.4 is 5.32 Å². The number of carbonyl (C=O) groups excluding carboxylic acids is 2. The van der Waals surface area contributed by atoms with Gasteiger partial charge >= 0.3 is 5.97 Å². The van der Waals surface area contributed by atoms with E-state index in [1.165, 1.54) is 23.5 Å². The van der Waals surface area contributed by atoms with Gasteiger partial charge in [-0.1, -0.05) is 6.07 Å². The van der Waals surface area contributed by atoms with Crippen LogP contribution in [0.2, 0.25) is 0 Å². The lowest BCUT2D eigenvalue weighted by molar-refractivity contribution is -0.143. The van der Waals surface area contributed by atoms with Crippen molar-refractivity contribution in [1.29, 1.82) is 0 Å². The lowest BCUT2D eigenvalue weighted by Crippen LogP contribution is -2.25. The zero-order valence-corrected chi connectivity index (χ0v) is 13.4. The predicted molar refractivity (Wildman–Crippen MR) is 86.0 cm³/mol. The number of nitrogens with one attached hydrogen (secondary N) is 1. The smallest absolute Gasteiger partial charge is 0.345 e. The maximum absolute atomic E-state index is 12.4. The second-order valence-electron chi connectivity index (χ2n) is 4.48. The molecule has 0 aliphatic carbocycles. The normalized spacial score (nSPS) is 14.1. The average molecular weight is 324 g/mol. The minimum absolute atomic E-state index is 0.0712. The number of thioether (sulfide) groups is 2. The molecule has 0 saturated carbocycles. The Bertz CT molecular complexity index is 551. The first-order valence-corrected chi connectivity index (χ1v) is 8.48. The standard InChI is InChI=1S/C14H16N2O3S2/c1-9(2)19-13(18)11(14-20-7-8-21-14)12(17)16-10-5-3-4-6-15-10/h3-6,9H,7-8H2,1-2H3,(H,15,16,17). The molecule has 1 aliphatic rings. The molecule has 112 valence electrons. The van der Waals surface area contributed by atoms with Crippen molar-refractivity contribution in [1.82, 2.24) is 4.98 Å². The van der Waals surface area contributed by atoms with Gasteiger partial charge in [0.05, 0.1) is 10.3 Å². The number of amides is 1. The Balaban J connectivity index is 2.21. The number of rotatable bonds is 4. The Morgan fingerprint density at radius 1 is 1.29 bits per heavy atom. The molecule has 21 heavy (non-hydrogen) atoms. The number of esters is 1. The van der Waals surface area contributed by atoms with Crippen LogP contribution in [-0.2, 0) is 14.3 Å². The van der Waals surface area contributed by atoms with Gasteiger partial charge in [0.2, 0.25) is 0 Å². The second-order valence-corrected chi connectivity index (χ2v) is 6.95. The topological polar surface area (TPSA) is 68.3 Å². The van der Waals surface area contributed by atoms with E-state index in [0.29, 0.717) is 10.1 Å². The van der Waals surface area contributed by atoms with Crippen LogP contribution in [0.5, 0.6) is 0 Å². The molecule has 5 nitrogen and oxygen atoms in total. The van der Waals surface area contributed by atoms with Gasteiger partial charge < -0.3 is 10.1 Å². The summed E-state index contributed by atoms with van der Waals surface area (Å²) in [6, 6.07) is 5.19. The lowest BCUT2D eigenvalue weighted by Gasteiger charge is -2.12. The van der Waals surface area contributed by atoms with E-state index in [1.54, 1.807) is 38.2 Å². The van der Waals surface area contributed by atoms with Crippen LogP contribution in [0.4, 0.5) is 5.82 Å². The molecule has 7 heteroatoms. The first-order valence-electron chi connectivity index (χ1n) is 6.51. The van der Waals surface area contributed by atoms with E-state index >= 15 is 0 Å². The molecule has 0 bridgehead atoms. The summed E-state index contributed by atoms with van der Waals surface area (Å²) in [6.45, 7) is 3.51. The summed E-state index contributed by atoms with van der Waals surface area (Å²) >= 11 is 3.01. The molecular weight excluding hydrogens is 308 g/mol. The monoisotopic (exact) mass is 324 g/mol. The highest BCUT2D eigenvalue weighted by molar-refractivity contribution is 8.25. The van der Waals surface area contributed by atoms with Gasteiger partial charge in [-0.3, -0.25) is 4.79 Å². The third-order valence-corrected chi connectivity index (χ3v) is 5.15. The van der Waals surface area contributed by atoms with Gasteiger partial charge in [-0.2, -0.15) is 0 Å². The van der Waals surface area contributed by atoms with Crippen molar-refractivity contribution < 1.29 is 14.3 Å². The molecule has 1 fully saturated rings. The van der Waals surface area contributed by atoms with E-state index in [-0.39, 0.29) is 11.7 Å². The summed E-state index contributed by atoms with van der Waals surface area (Å²) in [5.74, 6) is 1.11. The number of hydrogen-bond donors (Lipinski definition) is 1. The van der Waals surface area contributed by atoms with Crippen LogP contribution in [0, 0.1) is 0 Å². The van der Waals surface area contributed by atoms with E-state index in [2.05, 4.69) is 10.3 Å². The third kappa shape index (κ3) is 4.50. The molecule has 0 unspecified atom stereocenters. The van der Waals surface area contributed by atoms with Crippen LogP contribution in [0.15, 0.2) is 34.2 Å². The lowest BCUT2D eigenvalue weighted by atomic mass is 10.3. The number of hydrogen-bond acceptors (Lipinski definition) is 6. The first-order chi connectivity index (χ1) is 10.1. The van der Waals surface area contributed by atoms with E-state index in [9.17, 15) is 9.59 Å². The van der Waals surface area contributed by atoms with Gasteiger partial charge in [-0.15, -0.1) is 23.5 Å². The Labute approximate surface area is 131 Å². The van der Waals surface area contributed by atoms with Gasteiger partial charge in [0.15, 0.2) is 0 Å². The van der Waals surface area contributed by atoms with Crippen molar-refractivity contribution in [2.24, 2.45) is 0 Å². The molecule has 2 heterocycles. The fourth-order valence-corrected chi connectivity index (χ4v) is 4.12. The largest absolute Gasteiger partial charge is 0.459 e. The molecule has 1 aromatic heterocycles. The highest BCUT2D eigenvalue weighted by Crippen LogP contribution is 2.39. The Morgan fingerprint density at radius 3 is 2.57 bits per heavy atom. The van der Waals surface area contributed by atoms with Crippen molar-refractivity contribution >= 4 is 41.2 Å². The molecule has 1 aromatic rings. The maximum Gasteiger partial charge on any atom is 0.345 e. The zero-order valence-electron chi connectivity index (χ0n) is 11.8. The number of anilines is 1. The van der Waals surface area contributed by atoms with E-state index in [0.717, 1.165) is 11.5 Å². The molecule has 1 saturated heterocycles. The molecule has 0 radical (unpaired) electrons. The van der Waals surface area contributed by atoms with Gasteiger partial charge in [-0.25, -0.2) is 9.78 Å². The zero-order chi connectivity index (χ0) is 15.2. The molecule has 1 aliphatic heterocycles. The van der Waals surface area contributed by atoms with Crippen LogP contribution >= 0.6 is 23.5 Å². The predicted octanol–water partition coefficient (Wildman–Crippen LogP) is 2.66. The van der Waals surface area contributed by atoms with Gasteiger partial charge in [0, 0.05) is 17.7 Å². The number of ether oxygens (including phenoxy) is 1. The van der Waals surface area contributed by atoms with Crippen molar-refractivity contribution in [2.45, 2.75) is 20.0 Å². The SMILES string of the molecule is CC(C)OC(=O)C(C(=O)Nc1ccccn1)=C1SCCS1.